The average Bonchev–Trinajstić information content (AvgIpc) is 2.91. The summed E-state index contributed by atoms with van der Waals surface area (Å²) in [5.41, 5.74) is -1.20. The van der Waals surface area contributed by atoms with Crippen molar-refractivity contribution in [1.82, 2.24) is 9.80 Å². The number of hydrogen-bond acceptors (Lipinski definition) is 4. The van der Waals surface area contributed by atoms with Crippen LogP contribution in [0.1, 0.15) is 20.3 Å². The first kappa shape index (κ1) is 16.9. The van der Waals surface area contributed by atoms with Crippen molar-refractivity contribution in [3.63, 3.8) is 0 Å². The number of benzene rings is 1. The molecular weight excluding hydrogens is 306 g/mol. The number of aliphatic hydroxyl groups is 1. The number of hydrogen-bond donors (Lipinski definition) is 1. The van der Waals surface area contributed by atoms with E-state index in [1.807, 2.05) is 30.3 Å². The van der Waals surface area contributed by atoms with Crippen LogP contribution in [-0.2, 0) is 9.59 Å². The van der Waals surface area contributed by atoms with E-state index in [4.69, 9.17) is 0 Å². The van der Waals surface area contributed by atoms with Gasteiger partial charge in [-0.2, -0.15) is 0 Å². The molecule has 2 aliphatic rings. The molecule has 1 atom stereocenters. The van der Waals surface area contributed by atoms with Crippen LogP contribution in [0.15, 0.2) is 30.3 Å². The Bertz CT molecular complexity index is 611. The van der Waals surface area contributed by atoms with Gasteiger partial charge in [0.1, 0.15) is 0 Å². The van der Waals surface area contributed by atoms with Crippen LogP contribution in [-0.4, -0.2) is 71.1 Å². The minimum Gasteiger partial charge on any atom is -0.372 e. The predicted octanol–water partition coefficient (Wildman–Crippen LogP) is 0.707. The molecule has 24 heavy (non-hydrogen) atoms. The van der Waals surface area contributed by atoms with E-state index in [9.17, 15) is 14.7 Å². The fourth-order valence-corrected chi connectivity index (χ4v) is 3.46. The van der Waals surface area contributed by atoms with Crippen molar-refractivity contribution in [2.24, 2.45) is 0 Å². The molecule has 130 valence electrons. The third kappa shape index (κ3) is 2.91. The van der Waals surface area contributed by atoms with Gasteiger partial charge in [0.15, 0.2) is 0 Å². The summed E-state index contributed by atoms with van der Waals surface area (Å²) < 4.78 is 0. The number of para-hydroxylation sites is 1. The van der Waals surface area contributed by atoms with Crippen LogP contribution in [0.4, 0.5) is 5.69 Å². The van der Waals surface area contributed by atoms with E-state index in [0.29, 0.717) is 25.7 Å². The number of amides is 2. The van der Waals surface area contributed by atoms with Crippen LogP contribution < -0.4 is 4.90 Å². The first-order chi connectivity index (χ1) is 11.4. The lowest BCUT2D eigenvalue weighted by Gasteiger charge is -2.39. The van der Waals surface area contributed by atoms with E-state index in [0.717, 1.165) is 18.8 Å². The molecule has 1 aromatic rings. The Hall–Kier alpha value is -1.92. The zero-order valence-corrected chi connectivity index (χ0v) is 14.3. The summed E-state index contributed by atoms with van der Waals surface area (Å²) in [4.78, 5) is 30.9. The molecule has 2 saturated heterocycles. The summed E-state index contributed by atoms with van der Waals surface area (Å²) in [6.07, 6.45) is 0.143. The fourth-order valence-electron chi connectivity index (χ4n) is 3.46. The van der Waals surface area contributed by atoms with Gasteiger partial charge in [-0.1, -0.05) is 18.2 Å². The second kappa shape index (κ2) is 6.53. The van der Waals surface area contributed by atoms with Gasteiger partial charge in [-0.25, -0.2) is 0 Å². The summed E-state index contributed by atoms with van der Waals surface area (Å²) in [6, 6.07) is 9.62. The number of carbonyl (C=O) groups is 2. The van der Waals surface area contributed by atoms with Crippen molar-refractivity contribution in [3.8, 4) is 0 Å². The predicted molar refractivity (Wildman–Crippen MR) is 91.7 cm³/mol. The molecule has 0 aromatic heterocycles. The molecule has 0 spiro atoms. The van der Waals surface area contributed by atoms with Crippen LogP contribution in [0.2, 0.25) is 0 Å². The van der Waals surface area contributed by atoms with Gasteiger partial charge in [0.25, 0.3) is 11.8 Å². The highest BCUT2D eigenvalue weighted by atomic mass is 16.3. The molecule has 3 rings (SSSR count). The minimum atomic E-state index is -1.92. The number of anilines is 1. The van der Waals surface area contributed by atoms with Crippen molar-refractivity contribution in [2.45, 2.75) is 31.9 Å². The van der Waals surface area contributed by atoms with E-state index in [1.165, 1.54) is 4.90 Å². The van der Waals surface area contributed by atoms with E-state index in [1.54, 1.807) is 4.90 Å². The van der Waals surface area contributed by atoms with Gasteiger partial charge in [-0.05, 0) is 26.0 Å². The van der Waals surface area contributed by atoms with Gasteiger partial charge in [-0.15, -0.1) is 0 Å². The third-order valence-electron chi connectivity index (χ3n) is 5.05. The Morgan fingerprint density at radius 2 is 1.71 bits per heavy atom. The van der Waals surface area contributed by atoms with E-state index in [2.05, 4.69) is 18.7 Å². The third-order valence-corrected chi connectivity index (χ3v) is 5.05. The van der Waals surface area contributed by atoms with Crippen molar-refractivity contribution in [3.05, 3.63) is 30.3 Å². The number of rotatable bonds is 3. The number of carbonyl (C=O) groups excluding carboxylic acids is 2. The van der Waals surface area contributed by atoms with Gasteiger partial charge in [-0.3, -0.25) is 14.5 Å². The lowest BCUT2D eigenvalue weighted by atomic mass is 10.00. The lowest BCUT2D eigenvalue weighted by Crippen LogP contribution is -2.59. The zero-order valence-electron chi connectivity index (χ0n) is 14.3. The highest BCUT2D eigenvalue weighted by molar-refractivity contribution is 6.16. The summed E-state index contributed by atoms with van der Waals surface area (Å²) in [5, 5.41) is 10.8. The first-order valence-corrected chi connectivity index (χ1v) is 8.56. The molecule has 2 aliphatic heterocycles. The van der Waals surface area contributed by atoms with Crippen LogP contribution in [0.3, 0.4) is 0 Å². The second-order valence-electron chi connectivity index (χ2n) is 6.82. The van der Waals surface area contributed by atoms with Gasteiger partial charge in [0.05, 0.1) is 0 Å². The molecule has 6 heteroatoms. The van der Waals surface area contributed by atoms with Crippen molar-refractivity contribution >= 4 is 17.5 Å². The van der Waals surface area contributed by atoms with Crippen LogP contribution in [0.25, 0.3) is 0 Å². The maximum atomic E-state index is 12.8. The second-order valence-corrected chi connectivity index (χ2v) is 6.82. The average molecular weight is 331 g/mol. The normalized spacial score (nSPS) is 25.6. The standard InChI is InChI=1S/C18H25N3O3/c1-14(2)19-10-12-20(13-11-19)16(22)18(24)8-9-21(17(18)23)15-6-4-3-5-7-15/h3-7,14,24H,8-13H2,1-2H3/t18-/m0/s1. The minimum absolute atomic E-state index is 0.143. The maximum absolute atomic E-state index is 12.8. The number of piperazine rings is 1. The first-order valence-electron chi connectivity index (χ1n) is 8.56. The number of nitrogens with zero attached hydrogens (tertiary/aromatic N) is 3. The summed E-state index contributed by atoms with van der Waals surface area (Å²) in [7, 11) is 0. The molecule has 2 amide bonds. The van der Waals surface area contributed by atoms with E-state index < -0.39 is 17.4 Å². The largest absolute Gasteiger partial charge is 0.372 e. The molecule has 0 bridgehead atoms. The molecule has 0 aliphatic carbocycles. The highest BCUT2D eigenvalue weighted by Gasteiger charge is 2.53. The van der Waals surface area contributed by atoms with Crippen molar-refractivity contribution in [2.75, 3.05) is 37.6 Å². The van der Waals surface area contributed by atoms with Crippen LogP contribution in [0, 0.1) is 0 Å². The fraction of sp³-hybridized carbons (Fsp3) is 0.556. The lowest BCUT2D eigenvalue weighted by molar-refractivity contribution is -0.158. The topological polar surface area (TPSA) is 64.1 Å². The smallest absolute Gasteiger partial charge is 0.268 e. The van der Waals surface area contributed by atoms with Crippen LogP contribution in [0.5, 0.6) is 0 Å². The monoisotopic (exact) mass is 331 g/mol. The van der Waals surface area contributed by atoms with E-state index in [-0.39, 0.29) is 6.42 Å². The molecule has 0 unspecified atom stereocenters. The Balaban J connectivity index is 1.70. The van der Waals surface area contributed by atoms with Crippen molar-refractivity contribution < 1.29 is 14.7 Å². The molecule has 0 saturated carbocycles. The quantitative estimate of drug-likeness (QED) is 0.829. The Labute approximate surface area is 142 Å². The molecule has 1 N–H and O–H groups in total. The summed E-state index contributed by atoms with van der Waals surface area (Å²) in [5.74, 6) is -0.959. The van der Waals surface area contributed by atoms with Gasteiger partial charge in [0, 0.05) is 50.9 Å². The van der Waals surface area contributed by atoms with Crippen molar-refractivity contribution in [1.29, 1.82) is 0 Å². The van der Waals surface area contributed by atoms with Gasteiger partial charge < -0.3 is 14.9 Å². The van der Waals surface area contributed by atoms with Gasteiger partial charge >= 0.3 is 0 Å². The maximum Gasteiger partial charge on any atom is 0.268 e. The molecule has 6 nitrogen and oxygen atoms in total. The van der Waals surface area contributed by atoms with E-state index >= 15 is 0 Å². The highest BCUT2D eigenvalue weighted by Crippen LogP contribution is 2.30. The Morgan fingerprint density at radius 1 is 1.08 bits per heavy atom. The molecule has 2 heterocycles. The van der Waals surface area contributed by atoms with Crippen LogP contribution >= 0.6 is 0 Å². The Kier molecular flexibility index (Phi) is 4.60. The molecular formula is C18H25N3O3. The van der Waals surface area contributed by atoms with Gasteiger partial charge in [0.2, 0.25) is 5.60 Å². The molecule has 1 aromatic carbocycles. The summed E-state index contributed by atoms with van der Waals surface area (Å²) >= 11 is 0. The SMILES string of the molecule is CC(C)N1CCN(C(=O)[C@@]2(O)CCN(c3ccccc3)C2=O)CC1. The zero-order chi connectivity index (χ0) is 17.3. The Morgan fingerprint density at radius 3 is 2.29 bits per heavy atom. The molecule has 0 radical (unpaired) electrons. The summed E-state index contributed by atoms with van der Waals surface area (Å²) in [6.45, 7) is 7.27. The molecule has 2 fully saturated rings.